The van der Waals surface area contributed by atoms with E-state index in [4.69, 9.17) is 0 Å². The lowest BCUT2D eigenvalue weighted by Gasteiger charge is -2.33. The Kier molecular flexibility index (Phi) is 6.68. The molecule has 2 amide bonds. The van der Waals surface area contributed by atoms with Gasteiger partial charge >= 0.3 is 6.03 Å². The minimum Gasteiger partial charge on any atom is -0.354 e. The van der Waals surface area contributed by atoms with Gasteiger partial charge in [-0.15, -0.1) is 0 Å². The molecule has 6 nitrogen and oxygen atoms in total. The van der Waals surface area contributed by atoms with Crippen LogP contribution in [0.15, 0.2) is 47.1 Å². The highest BCUT2D eigenvalue weighted by Crippen LogP contribution is 2.14. The van der Waals surface area contributed by atoms with Gasteiger partial charge in [0, 0.05) is 57.0 Å². The highest BCUT2D eigenvalue weighted by atomic mass is 79.9. The number of nitrogens with one attached hydrogen (secondary N) is 1. The number of aromatic nitrogens is 1. The summed E-state index contributed by atoms with van der Waals surface area (Å²) in [7, 11) is 3.94. The van der Waals surface area contributed by atoms with E-state index in [-0.39, 0.29) is 6.03 Å². The Morgan fingerprint density at radius 1 is 1.11 bits per heavy atom. The number of carbonyl (C=O) groups is 1. The van der Waals surface area contributed by atoms with Crippen molar-refractivity contribution in [3.63, 3.8) is 0 Å². The quantitative estimate of drug-likeness (QED) is 0.790. The van der Waals surface area contributed by atoms with Crippen molar-refractivity contribution in [3.05, 3.63) is 58.2 Å². The van der Waals surface area contributed by atoms with Crippen LogP contribution >= 0.6 is 15.9 Å². The molecule has 7 heteroatoms. The highest BCUT2D eigenvalue weighted by molar-refractivity contribution is 9.10. The summed E-state index contributed by atoms with van der Waals surface area (Å²) in [6.45, 7) is 5.16. The molecule has 1 aromatic heterocycles. The Balaban J connectivity index is 1.47. The van der Waals surface area contributed by atoms with Gasteiger partial charge in [0.05, 0.1) is 0 Å². The summed E-state index contributed by atoms with van der Waals surface area (Å²) < 4.78 is 1.03. The molecule has 1 N–H and O–H groups in total. The number of pyridine rings is 1. The third kappa shape index (κ3) is 5.68. The maximum Gasteiger partial charge on any atom is 0.317 e. The number of likely N-dealkylation sites (N-methyl/N-ethyl adjacent to an activating group) is 1. The van der Waals surface area contributed by atoms with Gasteiger partial charge < -0.3 is 20.0 Å². The number of anilines is 1. The largest absolute Gasteiger partial charge is 0.354 e. The first-order valence-corrected chi connectivity index (χ1v) is 9.92. The van der Waals surface area contributed by atoms with Gasteiger partial charge in [-0.05, 0) is 36.4 Å². The smallest absolute Gasteiger partial charge is 0.317 e. The van der Waals surface area contributed by atoms with Gasteiger partial charge in [-0.1, -0.05) is 34.1 Å². The van der Waals surface area contributed by atoms with E-state index < -0.39 is 0 Å². The zero-order chi connectivity index (χ0) is 19.2. The highest BCUT2D eigenvalue weighted by Gasteiger charge is 2.15. The second-order valence-electron chi connectivity index (χ2n) is 6.96. The fourth-order valence-electron chi connectivity index (χ4n) is 2.99. The third-order valence-corrected chi connectivity index (χ3v) is 5.29. The second-order valence-corrected chi connectivity index (χ2v) is 7.87. The SMILES string of the molecule is CN1CCN(c2ccc(CNC(=O)N(C)Cc3ccc(Br)cc3)cn2)CC1. The van der Waals surface area contributed by atoms with E-state index in [2.05, 4.69) is 43.1 Å². The number of halogens is 1. The van der Waals surface area contributed by atoms with Crippen molar-refractivity contribution < 1.29 is 4.79 Å². The molecule has 0 spiro atoms. The van der Waals surface area contributed by atoms with Crippen LogP contribution in [0.3, 0.4) is 0 Å². The van der Waals surface area contributed by atoms with E-state index in [1.807, 2.05) is 42.6 Å². The van der Waals surface area contributed by atoms with Crippen LogP contribution in [0.2, 0.25) is 0 Å². The monoisotopic (exact) mass is 431 g/mol. The summed E-state index contributed by atoms with van der Waals surface area (Å²) in [6, 6.07) is 12.0. The normalized spacial score (nSPS) is 14.9. The minimum absolute atomic E-state index is 0.0962. The van der Waals surface area contributed by atoms with Crippen molar-refractivity contribution in [2.45, 2.75) is 13.1 Å². The Bertz CT molecular complexity index is 742. The first kappa shape index (κ1) is 19.6. The van der Waals surface area contributed by atoms with Crippen molar-refractivity contribution in [2.24, 2.45) is 0 Å². The van der Waals surface area contributed by atoms with Gasteiger partial charge in [0.15, 0.2) is 0 Å². The average Bonchev–Trinajstić information content (AvgIpc) is 2.69. The summed E-state index contributed by atoms with van der Waals surface area (Å²) in [5.41, 5.74) is 2.09. The lowest BCUT2D eigenvalue weighted by atomic mass is 10.2. The van der Waals surface area contributed by atoms with Crippen LogP contribution in [0, 0.1) is 0 Å². The Morgan fingerprint density at radius 2 is 1.78 bits per heavy atom. The summed E-state index contributed by atoms with van der Waals surface area (Å²) in [4.78, 5) is 23.2. The van der Waals surface area contributed by atoms with Crippen molar-refractivity contribution in [2.75, 3.05) is 45.2 Å². The first-order chi connectivity index (χ1) is 13.0. The molecule has 1 aliphatic heterocycles. The fraction of sp³-hybridized carbons (Fsp3) is 0.400. The molecule has 0 radical (unpaired) electrons. The molecule has 2 heterocycles. The van der Waals surface area contributed by atoms with Gasteiger partial charge in [-0.3, -0.25) is 0 Å². The number of amides is 2. The number of nitrogens with zero attached hydrogens (tertiary/aromatic N) is 4. The van der Waals surface area contributed by atoms with E-state index in [9.17, 15) is 4.79 Å². The summed E-state index contributed by atoms with van der Waals surface area (Å²) >= 11 is 3.42. The van der Waals surface area contributed by atoms with E-state index in [1.165, 1.54) is 0 Å². The van der Waals surface area contributed by atoms with Gasteiger partial charge in [0.2, 0.25) is 0 Å². The van der Waals surface area contributed by atoms with E-state index in [0.29, 0.717) is 13.1 Å². The summed E-state index contributed by atoms with van der Waals surface area (Å²) in [6.07, 6.45) is 1.85. The van der Waals surface area contributed by atoms with Crippen LogP contribution in [0.5, 0.6) is 0 Å². The zero-order valence-electron chi connectivity index (χ0n) is 15.9. The molecule has 1 aliphatic rings. The standard InChI is InChI=1S/C20H26BrN5O/c1-24-9-11-26(12-10-24)19-8-5-17(13-22-19)14-23-20(27)25(2)15-16-3-6-18(21)7-4-16/h3-8,13H,9-12,14-15H2,1-2H3,(H,23,27). The molecule has 1 fully saturated rings. The minimum atomic E-state index is -0.0962. The number of hydrogen-bond acceptors (Lipinski definition) is 4. The first-order valence-electron chi connectivity index (χ1n) is 9.13. The second kappa shape index (κ2) is 9.19. The fourth-order valence-corrected chi connectivity index (χ4v) is 3.26. The van der Waals surface area contributed by atoms with E-state index in [0.717, 1.165) is 47.6 Å². The Labute approximate surface area is 169 Å². The predicted octanol–water partition coefficient (Wildman–Crippen LogP) is 2.94. The number of rotatable bonds is 5. The van der Waals surface area contributed by atoms with Crippen LogP contribution in [0.25, 0.3) is 0 Å². The summed E-state index contributed by atoms with van der Waals surface area (Å²) in [5, 5.41) is 2.95. The molecule has 0 unspecified atom stereocenters. The summed E-state index contributed by atoms with van der Waals surface area (Å²) in [5.74, 6) is 1.01. The van der Waals surface area contributed by atoms with E-state index >= 15 is 0 Å². The van der Waals surface area contributed by atoms with E-state index in [1.54, 1.807) is 11.9 Å². The topological polar surface area (TPSA) is 51.7 Å². The average molecular weight is 432 g/mol. The number of benzene rings is 1. The predicted molar refractivity (Wildman–Crippen MR) is 112 cm³/mol. The van der Waals surface area contributed by atoms with Crippen LogP contribution in [0.1, 0.15) is 11.1 Å². The number of piperazine rings is 1. The molecular formula is C20H26BrN5O. The molecule has 0 atom stereocenters. The van der Waals surface area contributed by atoms with Crippen molar-refractivity contribution in [3.8, 4) is 0 Å². The number of carbonyl (C=O) groups excluding carboxylic acids is 1. The van der Waals surface area contributed by atoms with Crippen molar-refractivity contribution in [1.82, 2.24) is 20.1 Å². The molecule has 1 aromatic carbocycles. The molecular weight excluding hydrogens is 406 g/mol. The van der Waals surface area contributed by atoms with Gasteiger partial charge in [-0.2, -0.15) is 0 Å². The molecule has 144 valence electrons. The Hall–Kier alpha value is -2.12. The molecule has 3 rings (SSSR count). The molecule has 27 heavy (non-hydrogen) atoms. The third-order valence-electron chi connectivity index (χ3n) is 4.76. The van der Waals surface area contributed by atoms with Gasteiger partial charge in [0.1, 0.15) is 5.82 Å². The lowest BCUT2D eigenvalue weighted by molar-refractivity contribution is 0.206. The van der Waals surface area contributed by atoms with Crippen molar-refractivity contribution >= 4 is 27.8 Å². The van der Waals surface area contributed by atoms with Crippen LogP contribution in [-0.4, -0.2) is 61.1 Å². The maximum absolute atomic E-state index is 12.3. The Morgan fingerprint density at radius 3 is 2.41 bits per heavy atom. The lowest BCUT2D eigenvalue weighted by Crippen LogP contribution is -2.44. The zero-order valence-corrected chi connectivity index (χ0v) is 17.4. The molecule has 0 aliphatic carbocycles. The number of hydrogen-bond donors (Lipinski definition) is 1. The van der Waals surface area contributed by atoms with Gasteiger partial charge in [0.25, 0.3) is 0 Å². The maximum atomic E-state index is 12.3. The van der Waals surface area contributed by atoms with Crippen LogP contribution < -0.4 is 10.2 Å². The van der Waals surface area contributed by atoms with Crippen LogP contribution in [0.4, 0.5) is 10.6 Å². The van der Waals surface area contributed by atoms with Crippen molar-refractivity contribution in [1.29, 1.82) is 0 Å². The molecule has 0 bridgehead atoms. The molecule has 0 saturated carbocycles. The van der Waals surface area contributed by atoms with Gasteiger partial charge in [-0.25, -0.2) is 9.78 Å². The molecule has 1 saturated heterocycles. The molecule has 2 aromatic rings. The number of urea groups is 1. The van der Waals surface area contributed by atoms with Crippen LogP contribution in [-0.2, 0) is 13.1 Å².